The van der Waals surface area contributed by atoms with Crippen molar-refractivity contribution in [3.05, 3.63) is 35.9 Å². The van der Waals surface area contributed by atoms with Gasteiger partial charge in [0.2, 0.25) is 5.91 Å². The van der Waals surface area contributed by atoms with Crippen LogP contribution in [-0.4, -0.2) is 45.9 Å². The molecule has 6 heteroatoms. The number of aliphatic carboxylic acids is 1. The van der Waals surface area contributed by atoms with Gasteiger partial charge in [-0.15, -0.1) is 0 Å². The Hall–Kier alpha value is -2.37. The third-order valence-electron chi connectivity index (χ3n) is 4.58. The van der Waals surface area contributed by atoms with Crippen molar-refractivity contribution < 1.29 is 19.5 Å². The average Bonchev–Trinajstić information content (AvgIpc) is 2.97. The van der Waals surface area contributed by atoms with Gasteiger partial charge in [-0.05, 0) is 38.3 Å². The van der Waals surface area contributed by atoms with Gasteiger partial charge in [-0.2, -0.15) is 0 Å². The molecule has 0 bridgehead atoms. The van der Waals surface area contributed by atoms with Crippen molar-refractivity contribution in [1.29, 1.82) is 0 Å². The highest BCUT2D eigenvalue weighted by atomic mass is 16.4. The number of carboxylic acid groups (broad SMARTS) is 1. The van der Waals surface area contributed by atoms with Crippen LogP contribution in [0.5, 0.6) is 0 Å². The number of nitrogens with one attached hydrogen (secondary N) is 1. The van der Waals surface area contributed by atoms with E-state index in [-0.39, 0.29) is 5.91 Å². The molecule has 1 aromatic carbocycles. The Morgan fingerprint density at radius 3 is 2.54 bits per heavy atom. The molecule has 2 atom stereocenters. The van der Waals surface area contributed by atoms with E-state index in [0.29, 0.717) is 37.8 Å². The molecule has 1 aromatic rings. The Balaban J connectivity index is 2.18. The van der Waals surface area contributed by atoms with E-state index in [1.54, 1.807) is 36.1 Å². The largest absolute Gasteiger partial charge is 0.480 e. The number of likely N-dealkylation sites (tertiary alicyclic amines) is 1. The fourth-order valence-corrected chi connectivity index (χ4v) is 3.12. The van der Waals surface area contributed by atoms with Gasteiger partial charge in [0.05, 0.1) is 0 Å². The third kappa shape index (κ3) is 3.58. The Kier molecular flexibility index (Phi) is 5.59. The van der Waals surface area contributed by atoms with Gasteiger partial charge in [0.25, 0.3) is 5.91 Å². The second kappa shape index (κ2) is 7.47. The van der Waals surface area contributed by atoms with Crippen LogP contribution in [0.1, 0.15) is 49.9 Å². The van der Waals surface area contributed by atoms with Crippen molar-refractivity contribution in [2.45, 2.75) is 51.1 Å². The summed E-state index contributed by atoms with van der Waals surface area (Å²) < 4.78 is 0. The molecule has 1 heterocycles. The van der Waals surface area contributed by atoms with Crippen molar-refractivity contribution in [2.75, 3.05) is 6.54 Å². The van der Waals surface area contributed by atoms with Crippen LogP contribution in [-0.2, 0) is 9.59 Å². The second-order valence-electron chi connectivity index (χ2n) is 6.35. The van der Waals surface area contributed by atoms with Crippen LogP contribution in [0.25, 0.3) is 0 Å². The number of amides is 2. The van der Waals surface area contributed by atoms with Gasteiger partial charge in [0, 0.05) is 12.1 Å². The number of benzene rings is 1. The summed E-state index contributed by atoms with van der Waals surface area (Å²) in [4.78, 5) is 38.3. The molecule has 24 heavy (non-hydrogen) atoms. The van der Waals surface area contributed by atoms with Crippen LogP contribution in [0.4, 0.5) is 0 Å². The van der Waals surface area contributed by atoms with Gasteiger partial charge >= 0.3 is 5.97 Å². The molecule has 2 rings (SSSR count). The van der Waals surface area contributed by atoms with Crippen LogP contribution < -0.4 is 5.32 Å². The lowest BCUT2D eigenvalue weighted by molar-refractivity contribution is -0.143. The Labute approximate surface area is 141 Å². The van der Waals surface area contributed by atoms with Gasteiger partial charge < -0.3 is 15.3 Å². The summed E-state index contributed by atoms with van der Waals surface area (Å²) in [5.41, 5.74) is -0.490. The van der Waals surface area contributed by atoms with E-state index < -0.39 is 23.5 Å². The number of rotatable bonds is 6. The number of carbonyl (C=O) groups is 3. The van der Waals surface area contributed by atoms with Gasteiger partial charge in [-0.25, -0.2) is 4.79 Å². The van der Waals surface area contributed by atoms with E-state index in [9.17, 15) is 19.5 Å². The van der Waals surface area contributed by atoms with E-state index in [0.717, 1.165) is 0 Å². The zero-order chi connectivity index (χ0) is 17.7. The molecule has 0 aliphatic carbocycles. The second-order valence-corrected chi connectivity index (χ2v) is 6.35. The molecule has 2 N–H and O–H groups in total. The highest BCUT2D eigenvalue weighted by Gasteiger charge is 2.46. The molecule has 0 spiro atoms. The summed E-state index contributed by atoms with van der Waals surface area (Å²) >= 11 is 0. The highest BCUT2D eigenvalue weighted by molar-refractivity contribution is 6.00. The Morgan fingerprint density at radius 2 is 1.96 bits per heavy atom. The average molecular weight is 332 g/mol. The number of nitrogens with zero attached hydrogens (tertiary/aromatic N) is 1. The highest BCUT2D eigenvalue weighted by Crippen LogP contribution is 2.31. The smallest absolute Gasteiger partial charge is 0.326 e. The minimum atomic E-state index is -1.05. The molecule has 130 valence electrons. The van der Waals surface area contributed by atoms with Crippen molar-refractivity contribution in [1.82, 2.24) is 10.2 Å². The lowest BCUT2D eigenvalue weighted by Crippen LogP contribution is -2.58. The topological polar surface area (TPSA) is 86.7 Å². The summed E-state index contributed by atoms with van der Waals surface area (Å²) in [6.45, 7) is 4.06. The molecule has 0 radical (unpaired) electrons. The summed E-state index contributed by atoms with van der Waals surface area (Å²) in [6.07, 6.45) is 2.26. The first-order valence-electron chi connectivity index (χ1n) is 8.31. The first kappa shape index (κ1) is 18.0. The van der Waals surface area contributed by atoms with Crippen molar-refractivity contribution in [2.24, 2.45) is 0 Å². The molecule has 1 saturated heterocycles. The van der Waals surface area contributed by atoms with Crippen molar-refractivity contribution >= 4 is 17.8 Å². The van der Waals surface area contributed by atoms with E-state index in [2.05, 4.69) is 5.32 Å². The number of hydrogen-bond acceptors (Lipinski definition) is 3. The predicted molar refractivity (Wildman–Crippen MR) is 89.6 cm³/mol. The van der Waals surface area contributed by atoms with Crippen LogP contribution >= 0.6 is 0 Å². The molecular weight excluding hydrogens is 308 g/mol. The number of hydrogen-bond donors (Lipinski definition) is 2. The minimum absolute atomic E-state index is 0.201. The van der Waals surface area contributed by atoms with Crippen molar-refractivity contribution in [3.63, 3.8) is 0 Å². The summed E-state index contributed by atoms with van der Waals surface area (Å²) in [6, 6.07) is 7.90. The lowest BCUT2D eigenvalue weighted by Gasteiger charge is -2.34. The van der Waals surface area contributed by atoms with E-state index in [4.69, 9.17) is 0 Å². The van der Waals surface area contributed by atoms with Crippen LogP contribution in [0.3, 0.4) is 0 Å². The molecule has 1 fully saturated rings. The zero-order valence-electron chi connectivity index (χ0n) is 14.1. The Bertz CT molecular complexity index is 617. The first-order chi connectivity index (χ1) is 11.4. The van der Waals surface area contributed by atoms with Crippen LogP contribution in [0.15, 0.2) is 30.3 Å². The third-order valence-corrected chi connectivity index (χ3v) is 4.58. The Morgan fingerprint density at radius 1 is 1.29 bits per heavy atom. The summed E-state index contributed by atoms with van der Waals surface area (Å²) in [5.74, 6) is -1.65. The fourth-order valence-electron chi connectivity index (χ4n) is 3.12. The zero-order valence-corrected chi connectivity index (χ0v) is 14.1. The maximum atomic E-state index is 12.7. The first-order valence-corrected chi connectivity index (χ1v) is 8.31. The molecular formula is C18H24N2O4. The standard InChI is InChI=1S/C18H24N2O4/c1-3-8-14(16(22)23)19-17(24)18(2)11-7-12-20(18)15(21)13-9-5-4-6-10-13/h4-6,9-10,14H,3,7-8,11-12H2,1-2H3,(H,19,24)(H,22,23). The molecule has 1 aliphatic rings. The minimum Gasteiger partial charge on any atom is -0.480 e. The van der Waals surface area contributed by atoms with Gasteiger partial charge in [0.1, 0.15) is 11.6 Å². The molecule has 1 aliphatic heterocycles. The van der Waals surface area contributed by atoms with Crippen molar-refractivity contribution in [3.8, 4) is 0 Å². The maximum absolute atomic E-state index is 12.7. The number of carbonyl (C=O) groups excluding carboxylic acids is 2. The van der Waals surface area contributed by atoms with Crippen LogP contribution in [0.2, 0.25) is 0 Å². The number of carboxylic acids is 1. The van der Waals surface area contributed by atoms with Gasteiger partial charge in [0.15, 0.2) is 0 Å². The maximum Gasteiger partial charge on any atom is 0.326 e. The van der Waals surface area contributed by atoms with Gasteiger partial charge in [-0.1, -0.05) is 31.5 Å². The SMILES string of the molecule is CCCC(NC(=O)C1(C)CCCN1C(=O)c1ccccc1)C(=O)O. The molecule has 6 nitrogen and oxygen atoms in total. The van der Waals surface area contributed by atoms with Gasteiger partial charge in [-0.3, -0.25) is 9.59 Å². The van der Waals surface area contributed by atoms with E-state index in [1.807, 2.05) is 13.0 Å². The van der Waals surface area contributed by atoms with E-state index >= 15 is 0 Å². The quantitative estimate of drug-likeness (QED) is 0.835. The monoisotopic (exact) mass is 332 g/mol. The molecule has 0 aromatic heterocycles. The predicted octanol–water partition coefficient (Wildman–Crippen LogP) is 2.05. The summed E-state index contributed by atoms with van der Waals surface area (Å²) in [5, 5.41) is 11.8. The fraction of sp³-hybridized carbons (Fsp3) is 0.500. The normalized spacial score (nSPS) is 21.3. The lowest BCUT2D eigenvalue weighted by atomic mass is 9.96. The molecule has 2 unspecified atom stereocenters. The van der Waals surface area contributed by atoms with Crippen LogP contribution in [0, 0.1) is 0 Å². The van der Waals surface area contributed by atoms with E-state index in [1.165, 1.54) is 0 Å². The molecule has 0 saturated carbocycles. The molecule has 2 amide bonds. The summed E-state index contributed by atoms with van der Waals surface area (Å²) in [7, 11) is 0.